The molecule has 1 aliphatic heterocycles. The van der Waals surface area contributed by atoms with Crippen LogP contribution in [0.5, 0.6) is 0 Å². The summed E-state index contributed by atoms with van der Waals surface area (Å²) in [6.07, 6.45) is 6.09. The van der Waals surface area contributed by atoms with Gasteiger partial charge in [-0.05, 0) is 55.6 Å². The first-order chi connectivity index (χ1) is 17.0. The topological polar surface area (TPSA) is 73.2 Å². The Kier molecular flexibility index (Phi) is 9.90. The number of hydrogen-bond donors (Lipinski definition) is 1. The number of nitrogens with one attached hydrogen (secondary N) is 1. The minimum atomic E-state index is -0.542. The van der Waals surface area contributed by atoms with Crippen molar-refractivity contribution in [3.05, 3.63) is 71.8 Å². The zero-order chi connectivity index (χ0) is 25.1. The van der Waals surface area contributed by atoms with Crippen LogP contribution in [0.15, 0.2) is 60.7 Å². The lowest BCUT2D eigenvalue weighted by atomic mass is 9.69. The number of rotatable bonds is 12. The summed E-state index contributed by atoms with van der Waals surface area (Å²) in [6, 6.07) is 22.5. The molecular weight excluding hydrogens is 434 g/mol. The third-order valence-corrected chi connectivity index (χ3v) is 7.35. The lowest BCUT2D eigenvalue weighted by Gasteiger charge is -2.31. The van der Waals surface area contributed by atoms with Gasteiger partial charge in [0.25, 0.3) is 0 Å². The van der Waals surface area contributed by atoms with E-state index in [9.17, 15) is 14.9 Å². The van der Waals surface area contributed by atoms with Crippen molar-refractivity contribution < 1.29 is 9.59 Å². The third-order valence-electron chi connectivity index (χ3n) is 7.35. The average Bonchev–Trinajstić information content (AvgIpc) is 3.38. The van der Waals surface area contributed by atoms with Gasteiger partial charge in [0.1, 0.15) is 6.04 Å². The van der Waals surface area contributed by atoms with Crippen molar-refractivity contribution in [2.24, 2.45) is 5.92 Å². The molecule has 5 heteroatoms. The van der Waals surface area contributed by atoms with Crippen molar-refractivity contribution in [2.45, 2.75) is 76.7 Å². The maximum Gasteiger partial charge on any atom is 0.242 e. The highest BCUT2D eigenvalue weighted by Gasteiger charge is 2.36. The normalized spacial score (nSPS) is 17.1. The van der Waals surface area contributed by atoms with Gasteiger partial charge in [-0.25, -0.2) is 0 Å². The average molecular weight is 474 g/mol. The predicted molar refractivity (Wildman–Crippen MR) is 140 cm³/mol. The lowest BCUT2D eigenvalue weighted by molar-refractivity contribution is -0.138. The highest BCUT2D eigenvalue weighted by Crippen LogP contribution is 2.37. The van der Waals surface area contributed by atoms with E-state index in [4.69, 9.17) is 0 Å². The standard InChI is InChI=1S/C30H39N3O2/c1-24(2)30(23-31,26-16-7-4-8-17-26)20-10-9-19-28(34)33-22-12-18-27(33)29(35)32-21-11-15-25-13-5-3-6-14-25/h3-8,13-14,16-17,24,27H,9-12,15,18-22H2,1-2H3,(H,32,35)/t27-,30+/m1/s1. The Morgan fingerprint density at radius 1 is 1.06 bits per heavy atom. The van der Waals surface area contributed by atoms with Gasteiger partial charge in [0.05, 0.1) is 11.5 Å². The molecule has 0 radical (unpaired) electrons. The Morgan fingerprint density at radius 3 is 2.40 bits per heavy atom. The second kappa shape index (κ2) is 13.1. The largest absolute Gasteiger partial charge is 0.354 e. The van der Waals surface area contributed by atoms with Crippen molar-refractivity contribution >= 4 is 11.8 Å². The molecule has 2 atom stereocenters. The zero-order valence-corrected chi connectivity index (χ0v) is 21.2. The molecule has 35 heavy (non-hydrogen) atoms. The SMILES string of the molecule is CC(C)[C@@](C#N)(CCCCC(=O)N1CCC[C@@H]1C(=O)NCCCc1ccccc1)c1ccccc1. The molecule has 0 spiro atoms. The first-order valence-corrected chi connectivity index (χ1v) is 13.1. The van der Waals surface area contributed by atoms with Crippen molar-refractivity contribution in [3.63, 3.8) is 0 Å². The molecule has 2 amide bonds. The fourth-order valence-electron chi connectivity index (χ4n) is 5.18. The quantitative estimate of drug-likeness (QED) is 0.419. The summed E-state index contributed by atoms with van der Waals surface area (Å²) in [5.74, 6) is 0.203. The Morgan fingerprint density at radius 2 is 1.74 bits per heavy atom. The maximum absolute atomic E-state index is 13.0. The maximum atomic E-state index is 13.0. The number of nitrogens with zero attached hydrogens (tertiary/aromatic N) is 2. The summed E-state index contributed by atoms with van der Waals surface area (Å²) in [4.78, 5) is 27.5. The predicted octanol–water partition coefficient (Wildman–Crippen LogP) is 5.40. The molecule has 3 rings (SSSR count). The van der Waals surface area contributed by atoms with E-state index in [-0.39, 0.29) is 23.8 Å². The summed E-state index contributed by atoms with van der Waals surface area (Å²) in [7, 11) is 0. The van der Waals surface area contributed by atoms with Gasteiger partial charge in [0, 0.05) is 19.5 Å². The Labute approximate surface area is 210 Å². The summed E-state index contributed by atoms with van der Waals surface area (Å²) in [5, 5.41) is 13.1. The second-order valence-electron chi connectivity index (χ2n) is 9.94. The number of unbranched alkanes of at least 4 members (excludes halogenated alkanes) is 1. The van der Waals surface area contributed by atoms with Crippen LogP contribution in [0.4, 0.5) is 0 Å². The van der Waals surface area contributed by atoms with Crippen LogP contribution >= 0.6 is 0 Å². The number of amides is 2. The number of aryl methyl sites for hydroxylation is 1. The van der Waals surface area contributed by atoms with Gasteiger partial charge in [-0.1, -0.05) is 80.9 Å². The Hall–Kier alpha value is -3.13. The number of carbonyl (C=O) groups excluding carboxylic acids is 2. The summed E-state index contributed by atoms with van der Waals surface area (Å²) in [6.45, 7) is 5.46. The minimum Gasteiger partial charge on any atom is -0.354 e. The van der Waals surface area contributed by atoms with E-state index in [1.54, 1.807) is 4.90 Å². The summed E-state index contributed by atoms with van der Waals surface area (Å²) in [5.41, 5.74) is 1.78. The van der Waals surface area contributed by atoms with Crippen LogP contribution < -0.4 is 5.32 Å². The molecule has 0 aliphatic carbocycles. The number of hydrogen-bond acceptors (Lipinski definition) is 3. The van der Waals surface area contributed by atoms with Crippen LogP contribution in [0.3, 0.4) is 0 Å². The molecule has 5 nitrogen and oxygen atoms in total. The highest BCUT2D eigenvalue weighted by atomic mass is 16.2. The van der Waals surface area contributed by atoms with Crippen LogP contribution in [-0.4, -0.2) is 35.8 Å². The number of benzene rings is 2. The Balaban J connectivity index is 1.44. The molecule has 1 fully saturated rings. The molecule has 0 bridgehead atoms. The van der Waals surface area contributed by atoms with Gasteiger partial charge < -0.3 is 10.2 Å². The van der Waals surface area contributed by atoms with Crippen molar-refractivity contribution in [2.75, 3.05) is 13.1 Å². The van der Waals surface area contributed by atoms with Crippen molar-refractivity contribution in [1.29, 1.82) is 5.26 Å². The van der Waals surface area contributed by atoms with Crippen LogP contribution in [0.25, 0.3) is 0 Å². The Bertz CT molecular complexity index is 984. The number of nitriles is 1. The van der Waals surface area contributed by atoms with E-state index in [2.05, 4.69) is 37.4 Å². The van der Waals surface area contributed by atoms with Crippen LogP contribution in [0, 0.1) is 17.2 Å². The molecule has 186 valence electrons. The molecule has 1 N–H and O–H groups in total. The summed E-state index contributed by atoms with van der Waals surface area (Å²) < 4.78 is 0. The van der Waals surface area contributed by atoms with Gasteiger partial charge in [-0.3, -0.25) is 9.59 Å². The van der Waals surface area contributed by atoms with E-state index in [0.717, 1.165) is 50.5 Å². The first-order valence-electron chi connectivity index (χ1n) is 13.1. The van der Waals surface area contributed by atoms with E-state index in [1.807, 2.05) is 48.5 Å². The molecule has 1 saturated heterocycles. The fraction of sp³-hybridized carbons (Fsp3) is 0.500. The monoisotopic (exact) mass is 473 g/mol. The van der Waals surface area contributed by atoms with Gasteiger partial charge in [-0.15, -0.1) is 0 Å². The molecule has 2 aromatic carbocycles. The molecule has 0 saturated carbocycles. The highest BCUT2D eigenvalue weighted by molar-refractivity contribution is 5.88. The molecule has 0 unspecified atom stereocenters. The van der Waals surface area contributed by atoms with Crippen LogP contribution in [0.2, 0.25) is 0 Å². The van der Waals surface area contributed by atoms with E-state index in [0.29, 0.717) is 19.5 Å². The van der Waals surface area contributed by atoms with Gasteiger partial charge in [-0.2, -0.15) is 5.26 Å². The summed E-state index contributed by atoms with van der Waals surface area (Å²) >= 11 is 0. The zero-order valence-electron chi connectivity index (χ0n) is 21.2. The van der Waals surface area contributed by atoms with Crippen LogP contribution in [-0.2, 0) is 21.4 Å². The minimum absolute atomic E-state index is 0.0312. The smallest absolute Gasteiger partial charge is 0.242 e. The van der Waals surface area contributed by atoms with Gasteiger partial charge in [0.15, 0.2) is 0 Å². The molecule has 0 aromatic heterocycles. The van der Waals surface area contributed by atoms with E-state index in [1.165, 1.54) is 5.56 Å². The van der Waals surface area contributed by atoms with Crippen molar-refractivity contribution in [1.82, 2.24) is 10.2 Å². The van der Waals surface area contributed by atoms with Crippen LogP contribution in [0.1, 0.15) is 69.9 Å². The number of carbonyl (C=O) groups is 2. The number of likely N-dealkylation sites (tertiary alicyclic amines) is 1. The van der Waals surface area contributed by atoms with Gasteiger partial charge in [0.2, 0.25) is 11.8 Å². The van der Waals surface area contributed by atoms with E-state index >= 15 is 0 Å². The lowest BCUT2D eigenvalue weighted by Crippen LogP contribution is -2.46. The third kappa shape index (κ3) is 6.94. The molecule has 2 aromatic rings. The molecular formula is C30H39N3O2. The second-order valence-corrected chi connectivity index (χ2v) is 9.94. The van der Waals surface area contributed by atoms with Crippen molar-refractivity contribution in [3.8, 4) is 6.07 Å². The first kappa shape index (κ1) is 26.5. The van der Waals surface area contributed by atoms with E-state index < -0.39 is 5.41 Å². The molecule has 1 heterocycles. The fourth-order valence-corrected chi connectivity index (χ4v) is 5.18. The van der Waals surface area contributed by atoms with Gasteiger partial charge >= 0.3 is 0 Å². The molecule has 1 aliphatic rings.